The fraction of sp³-hybridized carbons (Fsp3) is 0.667. The van der Waals surface area contributed by atoms with E-state index in [0.717, 1.165) is 12.4 Å². The molecule has 2 N–H and O–H groups in total. The van der Waals surface area contributed by atoms with Gasteiger partial charge >= 0.3 is 6.18 Å². The van der Waals surface area contributed by atoms with Crippen molar-refractivity contribution in [3.05, 3.63) is 12.4 Å². The summed E-state index contributed by atoms with van der Waals surface area (Å²) in [6.07, 6.45) is -2.71. The predicted octanol–water partition coefficient (Wildman–Crippen LogP) is 0.332. The van der Waals surface area contributed by atoms with Crippen LogP contribution in [0.3, 0.4) is 0 Å². The molecule has 0 saturated heterocycles. The molecule has 1 aromatic rings. The number of hydrogen-bond donors (Lipinski definition) is 2. The molecule has 6 nitrogen and oxygen atoms in total. The highest BCUT2D eigenvalue weighted by Gasteiger charge is 2.29. The van der Waals surface area contributed by atoms with Gasteiger partial charge in [-0.05, 0) is 14.0 Å². The summed E-state index contributed by atoms with van der Waals surface area (Å²) in [6, 6.07) is -0.0972. The van der Waals surface area contributed by atoms with Gasteiger partial charge in [0.2, 0.25) is 10.0 Å². The number of sulfonamides is 1. The molecule has 0 aromatic carbocycles. The molecule has 1 rings (SSSR count). The first-order valence-electron chi connectivity index (χ1n) is 5.40. The van der Waals surface area contributed by atoms with Gasteiger partial charge in [-0.1, -0.05) is 0 Å². The van der Waals surface area contributed by atoms with Crippen LogP contribution >= 0.6 is 0 Å². The lowest BCUT2D eigenvalue weighted by Crippen LogP contribution is -2.37. The molecule has 0 saturated carbocycles. The summed E-state index contributed by atoms with van der Waals surface area (Å²) in [5, 5.41) is 6.21. The maximum absolute atomic E-state index is 12.1. The number of halogens is 3. The normalized spacial score (nSPS) is 14.6. The van der Waals surface area contributed by atoms with Crippen LogP contribution in [0.1, 0.15) is 6.92 Å². The van der Waals surface area contributed by atoms with E-state index in [1.807, 2.05) is 0 Å². The summed E-state index contributed by atoms with van der Waals surface area (Å²) in [4.78, 5) is -0.292. The number of likely N-dealkylation sites (N-methyl/N-ethyl adjacent to an activating group) is 1. The third-order valence-corrected chi connectivity index (χ3v) is 3.71. The van der Waals surface area contributed by atoms with Crippen LogP contribution in [0, 0.1) is 0 Å². The van der Waals surface area contributed by atoms with Crippen molar-refractivity contribution in [1.29, 1.82) is 0 Å². The summed E-state index contributed by atoms with van der Waals surface area (Å²) < 4.78 is 62.7. The molecule has 110 valence electrons. The van der Waals surface area contributed by atoms with Gasteiger partial charge in [-0.2, -0.15) is 18.3 Å². The average molecular weight is 300 g/mol. The van der Waals surface area contributed by atoms with E-state index in [4.69, 9.17) is 0 Å². The van der Waals surface area contributed by atoms with E-state index in [2.05, 4.69) is 15.1 Å². The molecule has 0 spiro atoms. The molecule has 1 atom stereocenters. The topological polar surface area (TPSA) is 76.0 Å². The number of nitrogens with zero attached hydrogens (tertiary/aromatic N) is 2. The number of hydrogen-bond acceptors (Lipinski definition) is 4. The molecular weight excluding hydrogens is 285 g/mol. The van der Waals surface area contributed by atoms with E-state index >= 15 is 0 Å². The van der Waals surface area contributed by atoms with Gasteiger partial charge < -0.3 is 5.32 Å². The Morgan fingerprint density at radius 1 is 1.47 bits per heavy atom. The molecule has 0 amide bonds. The first-order chi connectivity index (χ1) is 8.64. The highest BCUT2D eigenvalue weighted by atomic mass is 32.2. The van der Waals surface area contributed by atoms with Crippen molar-refractivity contribution in [2.45, 2.75) is 30.6 Å². The number of rotatable bonds is 6. The Bertz CT molecular complexity index is 512. The number of alkyl halides is 3. The molecule has 0 radical (unpaired) electrons. The van der Waals surface area contributed by atoms with Gasteiger partial charge in [0.05, 0.1) is 6.20 Å². The first-order valence-corrected chi connectivity index (χ1v) is 6.88. The van der Waals surface area contributed by atoms with Crippen LogP contribution < -0.4 is 10.0 Å². The minimum absolute atomic E-state index is 0.0972. The van der Waals surface area contributed by atoms with Crippen LogP contribution in [0.15, 0.2) is 17.3 Å². The molecule has 1 unspecified atom stereocenters. The van der Waals surface area contributed by atoms with Crippen LogP contribution in [0.4, 0.5) is 13.2 Å². The van der Waals surface area contributed by atoms with Gasteiger partial charge in [-0.25, -0.2) is 13.1 Å². The van der Waals surface area contributed by atoms with E-state index in [0.29, 0.717) is 4.68 Å². The molecule has 10 heteroatoms. The second-order valence-electron chi connectivity index (χ2n) is 4.03. The maximum atomic E-state index is 12.1. The summed E-state index contributed by atoms with van der Waals surface area (Å²) >= 11 is 0. The molecule has 0 bridgehead atoms. The van der Waals surface area contributed by atoms with E-state index in [9.17, 15) is 21.6 Å². The van der Waals surface area contributed by atoms with Crippen LogP contribution in [0.25, 0.3) is 0 Å². The van der Waals surface area contributed by atoms with Gasteiger partial charge in [0.25, 0.3) is 0 Å². The minimum Gasteiger partial charge on any atom is -0.316 e. The highest BCUT2D eigenvalue weighted by molar-refractivity contribution is 7.89. The molecule has 0 aliphatic carbocycles. The van der Waals surface area contributed by atoms with Crippen molar-refractivity contribution in [3.63, 3.8) is 0 Å². The molecular formula is C9H15F3N4O2S. The van der Waals surface area contributed by atoms with E-state index in [1.54, 1.807) is 14.0 Å². The zero-order valence-electron chi connectivity index (χ0n) is 10.4. The lowest BCUT2D eigenvalue weighted by atomic mass is 10.4. The Kier molecular flexibility index (Phi) is 4.93. The van der Waals surface area contributed by atoms with Gasteiger partial charge in [-0.3, -0.25) is 4.68 Å². The molecule has 0 aliphatic rings. The lowest BCUT2D eigenvalue weighted by Gasteiger charge is -2.10. The fourth-order valence-electron chi connectivity index (χ4n) is 1.17. The van der Waals surface area contributed by atoms with Crippen molar-refractivity contribution in [1.82, 2.24) is 19.8 Å². The summed E-state index contributed by atoms with van der Waals surface area (Å²) in [6.45, 7) is 0.564. The quantitative estimate of drug-likeness (QED) is 0.794. The van der Waals surface area contributed by atoms with Gasteiger partial charge in [-0.15, -0.1) is 0 Å². The van der Waals surface area contributed by atoms with Crippen molar-refractivity contribution in [2.24, 2.45) is 0 Å². The standard InChI is InChI=1S/C9H15F3N4O2S/c1-7(13-2)3-15-19(17,18)8-4-14-16(5-8)6-9(10,11)12/h4-5,7,13,15H,3,6H2,1-2H3. The maximum Gasteiger partial charge on any atom is 0.408 e. The smallest absolute Gasteiger partial charge is 0.316 e. The Hall–Kier alpha value is -1.13. The Balaban J connectivity index is 2.74. The third-order valence-electron chi connectivity index (χ3n) is 2.33. The largest absolute Gasteiger partial charge is 0.408 e. The number of aromatic nitrogens is 2. The van der Waals surface area contributed by atoms with E-state index in [1.165, 1.54) is 0 Å². The van der Waals surface area contributed by atoms with E-state index < -0.39 is 22.7 Å². The number of nitrogens with one attached hydrogen (secondary N) is 2. The van der Waals surface area contributed by atoms with Crippen LogP contribution in [-0.2, 0) is 16.6 Å². The molecule has 0 fully saturated rings. The Morgan fingerprint density at radius 3 is 2.63 bits per heavy atom. The summed E-state index contributed by atoms with van der Waals surface area (Å²) in [5.41, 5.74) is 0. The molecule has 1 heterocycles. The van der Waals surface area contributed by atoms with Gasteiger partial charge in [0.1, 0.15) is 11.4 Å². The summed E-state index contributed by atoms with van der Waals surface area (Å²) in [7, 11) is -2.17. The monoisotopic (exact) mass is 300 g/mol. The minimum atomic E-state index is -4.44. The Labute approximate surface area is 109 Å². The first kappa shape index (κ1) is 15.9. The van der Waals surface area contributed by atoms with Gasteiger partial charge in [0, 0.05) is 18.8 Å². The average Bonchev–Trinajstić information content (AvgIpc) is 2.72. The van der Waals surface area contributed by atoms with Crippen molar-refractivity contribution in [2.75, 3.05) is 13.6 Å². The van der Waals surface area contributed by atoms with Gasteiger partial charge in [0.15, 0.2) is 0 Å². The molecule has 19 heavy (non-hydrogen) atoms. The van der Waals surface area contributed by atoms with E-state index in [-0.39, 0.29) is 17.5 Å². The van der Waals surface area contributed by atoms with Crippen molar-refractivity contribution in [3.8, 4) is 0 Å². The third kappa shape index (κ3) is 5.17. The lowest BCUT2D eigenvalue weighted by molar-refractivity contribution is -0.142. The Morgan fingerprint density at radius 2 is 2.11 bits per heavy atom. The van der Waals surface area contributed by atoms with Crippen LogP contribution in [0.5, 0.6) is 0 Å². The molecule has 1 aromatic heterocycles. The van der Waals surface area contributed by atoms with Crippen molar-refractivity contribution >= 4 is 10.0 Å². The zero-order valence-corrected chi connectivity index (χ0v) is 11.2. The SMILES string of the molecule is CNC(C)CNS(=O)(=O)c1cnn(CC(F)(F)F)c1. The van der Waals surface area contributed by atoms with Crippen molar-refractivity contribution < 1.29 is 21.6 Å². The van der Waals surface area contributed by atoms with Crippen LogP contribution in [0.2, 0.25) is 0 Å². The fourth-order valence-corrected chi connectivity index (χ4v) is 2.26. The second kappa shape index (κ2) is 5.88. The highest BCUT2D eigenvalue weighted by Crippen LogP contribution is 2.18. The zero-order chi connectivity index (χ0) is 14.7. The summed E-state index contributed by atoms with van der Waals surface area (Å²) in [5.74, 6) is 0. The predicted molar refractivity (Wildman–Crippen MR) is 62.0 cm³/mol. The second-order valence-corrected chi connectivity index (χ2v) is 5.80. The molecule has 0 aliphatic heterocycles. The van der Waals surface area contributed by atoms with Crippen LogP contribution in [-0.4, -0.2) is 44.0 Å².